The molecule has 0 bridgehead atoms. The Kier molecular flexibility index (Phi) is 74.6. The number of allylic oxidation sites excluding steroid dienone is 8. The highest BCUT2D eigenvalue weighted by molar-refractivity contribution is 7.47. The van der Waals surface area contributed by atoms with E-state index in [4.69, 9.17) is 37.0 Å². The Morgan fingerprint density at radius 1 is 0.308 bits per heavy atom. The van der Waals surface area contributed by atoms with Crippen LogP contribution < -0.4 is 0 Å². The van der Waals surface area contributed by atoms with Crippen LogP contribution in [0.3, 0.4) is 0 Å². The third kappa shape index (κ3) is 75.8. The van der Waals surface area contributed by atoms with Gasteiger partial charge in [-0.1, -0.05) is 353 Å². The van der Waals surface area contributed by atoms with E-state index in [0.717, 1.165) is 128 Å². The molecule has 0 radical (unpaired) electrons. The zero-order chi connectivity index (χ0) is 76.2. The maximum atomic E-state index is 13.1. The van der Waals surface area contributed by atoms with E-state index in [1.54, 1.807) is 0 Å². The Hall–Kier alpha value is -2.98. The lowest BCUT2D eigenvalue weighted by Gasteiger charge is -2.21. The SMILES string of the molecule is CCCCCC/C=C\C=C/CCCCCCCC(=O)OC[C@H](COP(=O)(O)OC[C@@H](O)COP(=O)(O)OC[C@@H](COC(=O)CCCCCCCCCCC(C)CC)OC(=O)CCCCCCC/C=C\C=C/CCCCCC)OC(=O)CCCCCCCCCCCCCCCCCCCCCCCC. The molecule has 0 saturated heterocycles. The van der Waals surface area contributed by atoms with Gasteiger partial charge in [0.2, 0.25) is 0 Å². The van der Waals surface area contributed by atoms with E-state index in [1.807, 2.05) is 0 Å². The predicted octanol–water partition coefficient (Wildman–Crippen LogP) is 25.1. The van der Waals surface area contributed by atoms with Crippen molar-refractivity contribution in [3.05, 3.63) is 48.6 Å². The van der Waals surface area contributed by atoms with Gasteiger partial charge in [0.25, 0.3) is 0 Å². The van der Waals surface area contributed by atoms with Crippen LogP contribution in [-0.4, -0.2) is 96.7 Å². The molecule has 3 N–H and O–H groups in total. The second kappa shape index (κ2) is 76.8. The molecule has 19 heteroatoms. The summed E-state index contributed by atoms with van der Waals surface area (Å²) in [7, 11) is -9.95. The summed E-state index contributed by atoms with van der Waals surface area (Å²) in [6.45, 7) is 7.21. The minimum atomic E-state index is -4.98. The number of hydrogen-bond donors (Lipinski definition) is 3. The van der Waals surface area contributed by atoms with Crippen molar-refractivity contribution in [2.75, 3.05) is 39.6 Å². The van der Waals surface area contributed by atoms with E-state index < -0.39 is 97.5 Å². The Morgan fingerprint density at radius 3 is 0.817 bits per heavy atom. The molecule has 104 heavy (non-hydrogen) atoms. The number of carbonyl (C=O) groups excluding carboxylic acids is 4. The van der Waals surface area contributed by atoms with Crippen LogP contribution in [0.15, 0.2) is 48.6 Å². The van der Waals surface area contributed by atoms with Gasteiger partial charge in [-0.15, -0.1) is 0 Å². The van der Waals surface area contributed by atoms with Crippen molar-refractivity contribution >= 4 is 39.5 Å². The molecule has 3 unspecified atom stereocenters. The highest BCUT2D eigenvalue weighted by atomic mass is 31.2. The van der Waals surface area contributed by atoms with Gasteiger partial charge in [0.15, 0.2) is 12.2 Å². The fraction of sp³-hybridized carbons (Fsp3) is 0.859. The Balaban J connectivity index is 5.29. The van der Waals surface area contributed by atoms with Crippen LogP contribution in [0.5, 0.6) is 0 Å². The van der Waals surface area contributed by atoms with E-state index in [0.29, 0.717) is 25.7 Å². The van der Waals surface area contributed by atoms with Gasteiger partial charge >= 0.3 is 39.5 Å². The number of rotatable bonds is 81. The smallest absolute Gasteiger partial charge is 0.462 e. The van der Waals surface area contributed by atoms with Crippen molar-refractivity contribution in [2.24, 2.45) is 5.92 Å². The van der Waals surface area contributed by atoms with Crippen molar-refractivity contribution in [1.29, 1.82) is 0 Å². The standard InChI is InChI=1S/C85H158O17P2/c1-6-10-13-16-19-22-25-28-31-32-33-34-35-36-37-40-43-46-49-56-61-66-71-84(89)101-80(74-95-82(87)68-63-58-53-47-44-41-38-29-26-23-20-17-14-11-7-2)76-99-103(91,92)97-72-79(86)73-98-104(93,94)100-77-81(75-96-83(88)69-64-59-54-51-50-52-57-62-67-78(5)9-4)102-85(90)70-65-60-55-48-45-42-39-30-27-24-21-18-15-12-8-3/h23-24,26-27,29-30,38-39,78-81,86H,6-22,25,28,31-37,40-77H2,1-5H3,(H,91,92)(H,93,94)/b26-23-,27-24-,38-29-,39-30-/t78?,79-,80-,81-/m1/s1. The minimum absolute atomic E-state index is 0.0826. The number of esters is 4. The predicted molar refractivity (Wildman–Crippen MR) is 427 cm³/mol. The van der Waals surface area contributed by atoms with Crippen LogP contribution >= 0.6 is 15.6 Å². The van der Waals surface area contributed by atoms with Crippen LogP contribution in [0.25, 0.3) is 0 Å². The molecule has 0 aliphatic rings. The number of phosphoric acid groups is 2. The molecule has 0 amide bonds. The summed E-state index contributed by atoms with van der Waals surface area (Å²) in [5, 5.41) is 10.7. The maximum absolute atomic E-state index is 13.1. The molecule has 6 atom stereocenters. The highest BCUT2D eigenvalue weighted by Crippen LogP contribution is 2.45. The minimum Gasteiger partial charge on any atom is -0.462 e. The topological polar surface area (TPSA) is 237 Å². The zero-order valence-corrected chi connectivity index (χ0v) is 68.9. The summed E-state index contributed by atoms with van der Waals surface area (Å²) < 4.78 is 68.7. The van der Waals surface area contributed by atoms with Crippen molar-refractivity contribution in [3.8, 4) is 0 Å². The van der Waals surface area contributed by atoms with Crippen LogP contribution in [-0.2, 0) is 65.4 Å². The fourth-order valence-corrected chi connectivity index (χ4v) is 13.8. The molecule has 0 aliphatic heterocycles. The second-order valence-electron chi connectivity index (χ2n) is 29.4. The Morgan fingerprint density at radius 2 is 0.538 bits per heavy atom. The van der Waals surface area contributed by atoms with E-state index in [-0.39, 0.29) is 25.7 Å². The van der Waals surface area contributed by atoms with Gasteiger partial charge in [-0.05, 0) is 83.0 Å². The molecular formula is C85H158O17P2. The third-order valence-electron chi connectivity index (χ3n) is 19.1. The van der Waals surface area contributed by atoms with Crippen LogP contribution in [0, 0.1) is 5.92 Å². The van der Waals surface area contributed by atoms with Crippen LogP contribution in [0.4, 0.5) is 0 Å². The molecule has 0 saturated carbocycles. The summed E-state index contributed by atoms with van der Waals surface area (Å²) in [6, 6.07) is 0. The number of aliphatic hydroxyl groups excluding tert-OH is 1. The van der Waals surface area contributed by atoms with Gasteiger partial charge in [-0.25, -0.2) is 9.13 Å². The number of hydrogen-bond acceptors (Lipinski definition) is 15. The largest absolute Gasteiger partial charge is 0.472 e. The molecule has 0 spiro atoms. The van der Waals surface area contributed by atoms with Gasteiger partial charge in [-0.2, -0.15) is 0 Å². The molecule has 0 aromatic carbocycles. The lowest BCUT2D eigenvalue weighted by molar-refractivity contribution is -0.161. The summed E-state index contributed by atoms with van der Waals surface area (Å²) >= 11 is 0. The molecule has 0 rings (SSSR count). The van der Waals surface area contributed by atoms with Gasteiger partial charge in [0.1, 0.15) is 19.3 Å². The summed E-state index contributed by atoms with van der Waals surface area (Å²) in [5.74, 6) is -1.39. The second-order valence-corrected chi connectivity index (χ2v) is 32.4. The Labute approximate surface area is 636 Å². The number of unbranched alkanes of at least 4 members (excludes halogenated alkanes) is 46. The van der Waals surface area contributed by atoms with Crippen molar-refractivity contribution in [1.82, 2.24) is 0 Å². The summed E-state index contributed by atoms with van der Waals surface area (Å²) in [4.78, 5) is 73.1. The maximum Gasteiger partial charge on any atom is 0.472 e. The van der Waals surface area contributed by atoms with Gasteiger partial charge in [0.05, 0.1) is 26.4 Å². The first kappa shape index (κ1) is 101. The molecular weight excluding hydrogens is 1350 g/mol. The average molecular weight is 1510 g/mol. The first-order valence-corrected chi connectivity index (χ1v) is 45.8. The van der Waals surface area contributed by atoms with Crippen molar-refractivity contribution in [3.63, 3.8) is 0 Å². The first-order chi connectivity index (χ1) is 50.6. The van der Waals surface area contributed by atoms with Gasteiger partial charge in [0, 0.05) is 25.7 Å². The van der Waals surface area contributed by atoms with Crippen LogP contribution in [0.1, 0.15) is 407 Å². The molecule has 610 valence electrons. The number of aliphatic hydroxyl groups is 1. The lowest BCUT2D eigenvalue weighted by Crippen LogP contribution is -2.30. The molecule has 0 aromatic heterocycles. The first-order valence-electron chi connectivity index (χ1n) is 42.8. The normalized spacial score (nSPS) is 14.3. The van der Waals surface area contributed by atoms with Crippen molar-refractivity contribution in [2.45, 2.75) is 425 Å². The summed E-state index contributed by atoms with van der Waals surface area (Å²) in [5.41, 5.74) is 0. The molecule has 0 aromatic rings. The molecule has 0 heterocycles. The third-order valence-corrected chi connectivity index (χ3v) is 21.0. The highest BCUT2D eigenvalue weighted by Gasteiger charge is 2.30. The Bertz CT molecular complexity index is 2170. The van der Waals surface area contributed by atoms with E-state index in [2.05, 4.69) is 83.2 Å². The van der Waals surface area contributed by atoms with E-state index in [9.17, 15) is 43.2 Å². The molecule has 0 fully saturated rings. The number of ether oxygens (including phenoxy) is 4. The molecule has 17 nitrogen and oxygen atoms in total. The average Bonchev–Trinajstić information content (AvgIpc) is 0.923. The van der Waals surface area contributed by atoms with E-state index in [1.165, 1.54) is 199 Å². The molecule has 0 aliphatic carbocycles. The quantitative estimate of drug-likeness (QED) is 0.0169. The summed E-state index contributed by atoms with van der Waals surface area (Å²) in [6.07, 6.45) is 75.2. The van der Waals surface area contributed by atoms with E-state index >= 15 is 0 Å². The zero-order valence-electron chi connectivity index (χ0n) is 67.1. The fourth-order valence-electron chi connectivity index (χ4n) is 12.2. The van der Waals surface area contributed by atoms with Gasteiger partial charge in [-0.3, -0.25) is 37.3 Å². The van der Waals surface area contributed by atoms with Gasteiger partial charge < -0.3 is 33.8 Å². The number of phosphoric ester groups is 2. The monoisotopic (exact) mass is 1510 g/mol. The van der Waals surface area contributed by atoms with Crippen molar-refractivity contribution < 1.29 is 80.2 Å². The lowest BCUT2D eigenvalue weighted by atomic mass is 9.99. The number of carbonyl (C=O) groups is 4. The van der Waals surface area contributed by atoms with Crippen LogP contribution in [0.2, 0.25) is 0 Å².